The van der Waals surface area contributed by atoms with Crippen LogP contribution in [-0.2, 0) is 22.3 Å². The van der Waals surface area contributed by atoms with Gasteiger partial charge in [0.05, 0.1) is 13.7 Å². The van der Waals surface area contributed by atoms with Crippen LogP contribution >= 0.6 is 11.3 Å². The summed E-state index contributed by atoms with van der Waals surface area (Å²) in [5.74, 6) is 0.272. The number of methoxy groups -OCH3 is 1. The van der Waals surface area contributed by atoms with Crippen molar-refractivity contribution in [3.8, 4) is 0 Å². The second-order valence-corrected chi connectivity index (χ2v) is 5.81. The molecule has 0 radical (unpaired) electrons. The van der Waals surface area contributed by atoms with Gasteiger partial charge in [0.25, 0.3) is 0 Å². The molecule has 2 N–H and O–H groups in total. The van der Waals surface area contributed by atoms with E-state index in [1.807, 2.05) is 0 Å². The number of aromatic nitrogens is 1. The van der Waals surface area contributed by atoms with Crippen molar-refractivity contribution in [2.24, 2.45) is 4.99 Å². The number of guanidine groups is 1. The van der Waals surface area contributed by atoms with Crippen molar-refractivity contribution < 1.29 is 22.7 Å². The Kier molecular flexibility index (Phi) is 8.51. The second-order valence-electron chi connectivity index (χ2n) is 4.86. The fourth-order valence-corrected chi connectivity index (χ4v) is 2.52. The highest BCUT2D eigenvalue weighted by Crippen LogP contribution is 2.29. The molecule has 0 bridgehead atoms. The minimum atomic E-state index is -4.42. The van der Waals surface area contributed by atoms with Crippen LogP contribution in [0.3, 0.4) is 0 Å². The zero-order chi connectivity index (χ0) is 18.0. The minimum absolute atomic E-state index is 0.169. The number of aliphatic imine (C=N–C) groups is 1. The predicted molar refractivity (Wildman–Crippen MR) is 85.8 cm³/mol. The number of nitrogens with zero attached hydrogens (tertiary/aromatic N) is 2. The Bertz CT molecular complexity index is 546. The first-order valence-electron chi connectivity index (χ1n) is 7.39. The van der Waals surface area contributed by atoms with Gasteiger partial charge in [0, 0.05) is 25.4 Å². The maximum atomic E-state index is 12.5. The number of rotatable bonds is 8. The molecule has 0 aliphatic carbocycles. The quantitative estimate of drug-likeness (QED) is 0.320. The Labute approximate surface area is 142 Å². The number of thiazole rings is 1. The smallest absolute Gasteiger partial charge is 0.434 e. The number of halogens is 3. The Balaban J connectivity index is 2.23. The van der Waals surface area contributed by atoms with Crippen molar-refractivity contribution in [1.82, 2.24) is 15.6 Å². The fourth-order valence-electron chi connectivity index (χ4n) is 1.78. The highest BCUT2D eigenvalue weighted by Gasteiger charge is 2.33. The van der Waals surface area contributed by atoms with E-state index >= 15 is 0 Å². The molecule has 0 aliphatic heterocycles. The molecule has 24 heavy (non-hydrogen) atoms. The molecular weight excluding hydrogens is 345 g/mol. The molecule has 0 aromatic carbocycles. The van der Waals surface area contributed by atoms with Crippen LogP contribution in [0.5, 0.6) is 0 Å². The molecule has 0 saturated carbocycles. The van der Waals surface area contributed by atoms with Crippen molar-refractivity contribution >= 4 is 23.3 Å². The van der Waals surface area contributed by atoms with Gasteiger partial charge in [-0.15, -0.1) is 11.3 Å². The van der Waals surface area contributed by atoms with Crippen LogP contribution in [0.4, 0.5) is 13.2 Å². The monoisotopic (exact) mass is 366 g/mol. The average Bonchev–Trinajstić information content (AvgIpc) is 3.02. The van der Waals surface area contributed by atoms with Gasteiger partial charge in [-0.1, -0.05) is 6.42 Å². The van der Waals surface area contributed by atoms with E-state index < -0.39 is 11.9 Å². The first-order valence-corrected chi connectivity index (χ1v) is 8.27. The summed E-state index contributed by atoms with van der Waals surface area (Å²) in [7, 11) is 2.94. The largest absolute Gasteiger partial charge is 0.469 e. The van der Waals surface area contributed by atoms with Gasteiger partial charge in [-0.05, 0) is 12.8 Å². The molecule has 0 atom stereocenters. The number of hydrogen-bond donors (Lipinski definition) is 2. The predicted octanol–water partition coefficient (Wildman–Crippen LogP) is 2.56. The van der Waals surface area contributed by atoms with Crippen molar-refractivity contribution in [1.29, 1.82) is 0 Å². The molecule has 0 spiro atoms. The highest BCUT2D eigenvalue weighted by molar-refractivity contribution is 7.09. The van der Waals surface area contributed by atoms with Crippen molar-refractivity contribution in [2.75, 3.05) is 20.7 Å². The Morgan fingerprint density at radius 3 is 2.67 bits per heavy atom. The van der Waals surface area contributed by atoms with E-state index in [-0.39, 0.29) is 12.5 Å². The number of carbonyl (C=O) groups excluding carboxylic acids is 1. The molecular formula is C14H21F3N4O2S. The third-order valence-electron chi connectivity index (χ3n) is 3.05. The van der Waals surface area contributed by atoms with E-state index in [9.17, 15) is 18.0 Å². The van der Waals surface area contributed by atoms with Gasteiger partial charge in [0.2, 0.25) is 0 Å². The molecule has 1 heterocycles. The van der Waals surface area contributed by atoms with Crippen molar-refractivity contribution in [3.63, 3.8) is 0 Å². The van der Waals surface area contributed by atoms with Crippen LogP contribution in [0.25, 0.3) is 0 Å². The van der Waals surface area contributed by atoms with E-state index in [0.717, 1.165) is 36.0 Å². The molecule has 0 fully saturated rings. The van der Waals surface area contributed by atoms with E-state index in [2.05, 4.69) is 25.3 Å². The summed E-state index contributed by atoms with van der Waals surface area (Å²) in [6.07, 6.45) is -1.57. The summed E-state index contributed by atoms with van der Waals surface area (Å²) in [4.78, 5) is 18.5. The second kappa shape index (κ2) is 10.1. The van der Waals surface area contributed by atoms with Crippen molar-refractivity contribution in [2.45, 2.75) is 38.4 Å². The lowest BCUT2D eigenvalue weighted by Gasteiger charge is -2.10. The highest BCUT2D eigenvalue weighted by atomic mass is 32.1. The molecule has 1 aromatic heterocycles. The molecule has 6 nitrogen and oxygen atoms in total. The number of carbonyl (C=O) groups is 1. The SMILES string of the molecule is CN=C(NCCCCCC(=O)OC)NCc1nc(C(F)(F)F)cs1. The standard InChI is InChI=1S/C14H21F3N4O2S/c1-18-13(19-7-5-3-4-6-12(22)23-2)20-8-11-21-10(9-24-11)14(15,16)17/h9H,3-8H2,1-2H3,(H2,18,19,20). The Morgan fingerprint density at radius 1 is 1.33 bits per heavy atom. The number of ether oxygens (including phenoxy) is 1. The first-order chi connectivity index (χ1) is 11.4. The molecule has 136 valence electrons. The molecule has 1 aromatic rings. The minimum Gasteiger partial charge on any atom is -0.469 e. The number of nitrogens with one attached hydrogen (secondary N) is 2. The van der Waals surface area contributed by atoms with Gasteiger partial charge in [-0.2, -0.15) is 13.2 Å². The maximum absolute atomic E-state index is 12.5. The number of hydrogen-bond acceptors (Lipinski definition) is 5. The van der Waals surface area contributed by atoms with Crippen LogP contribution in [-0.4, -0.2) is 37.6 Å². The van der Waals surface area contributed by atoms with Gasteiger partial charge >= 0.3 is 12.1 Å². The van der Waals surface area contributed by atoms with Crippen LogP contribution in [0.1, 0.15) is 36.4 Å². The summed E-state index contributed by atoms with van der Waals surface area (Å²) in [5, 5.41) is 7.30. The van der Waals surface area contributed by atoms with Gasteiger partial charge < -0.3 is 15.4 Å². The third kappa shape index (κ3) is 7.62. The summed E-state index contributed by atoms with van der Waals surface area (Å²) < 4.78 is 41.9. The average molecular weight is 366 g/mol. The molecule has 1 rings (SSSR count). The van der Waals surface area contributed by atoms with E-state index in [0.29, 0.717) is 23.9 Å². The van der Waals surface area contributed by atoms with Crippen LogP contribution in [0, 0.1) is 0 Å². The summed E-state index contributed by atoms with van der Waals surface area (Å²) >= 11 is 0.948. The topological polar surface area (TPSA) is 75.6 Å². The molecule has 0 saturated heterocycles. The lowest BCUT2D eigenvalue weighted by molar-refractivity contribution is -0.141. The van der Waals surface area contributed by atoms with Crippen molar-refractivity contribution in [3.05, 3.63) is 16.1 Å². The van der Waals surface area contributed by atoms with Gasteiger partial charge in [0.1, 0.15) is 5.01 Å². The molecule has 0 unspecified atom stereocenters. The Hall–Kier alpha value is -1.84. The van der Waals surface area contributed by atoms with Gasteiger partial charge in [-0.3, -0.25) is 9.79 Å². The fraction of sp³-hybridized carbons (Fsp3) is 0.643. The maximum Gasteiger partial charge on any atom is 0.434 e. The van der Waals surface area contributed by atoms with Crippen LogP contribution in [0.15, 0.2) is 10.4 Å². The summed E-state index contributed by atoms with van der Waals surface area (Å²) in [6, 6.07) is 0. The molecule has 0 amide bonds. The van der Waals surface area contributed by atoms with Gasteiger partial charge in [0.15, 0.2) is 11.7 Å². The molecule has 10 heteroatoms. The van der Waals surface area contributed by atoms with E-state index in [1.165, 1.54) is 7.11 Å². The summed E-state index contributed by atoms with van der Waals surface area (Å²) in [6.45, 7) is 0.815. The lowest BCUT2D eigenvalue weighted by Crippen LogP contribution is -2.37. The van der Waals surface area contributed by atoms with Gasteiger partial charge in [-0.25, -0.2) is 4.98 Å². The number of alkyl halides is 3. The van der Waals surface area contributed by atoms with Crippen LogP contribution < -0.4 is 10.6 Å². The zero-order valence-corrected chi connectivity index (χ0v) is 14.4. The molecule has 0 aliphatic rings. The number of esters is 1. The lowest BCUT2D eigenvalue weighted by atomic mass is 10.2. The van der Waals surface area contributed by atoms with Crippen LogP contribution in [0.2, 0.25) is 0 Å². The first kappa shape index (κ1) is 20.2. The Morgan fingerprint density at radius 2 is 2.08 bits per heavy atom. The van der Waals surface area contributed by atoms with E-state index in [1.54, 1.807) is 7.05 Å². The summed E-state index contributed by atoms with van der Waals surface area (Å²) in [5.41, 5.74) is -0.877. The normalized spacial score (nSPS) is 12.1. The zero-order valence-electron chi connectivity index (χ0n) is 13.6. The van der Waals surface area contributed by atoms with E-state index in [4.69, 9.17) is 0 Å². The number of unbranched alkanes of at least 4 members (excludes halogenated alkanes) is 2. The third-order valence-corrected chi connectivity index (χ3v) is 3.90.